The first-order valence-corrected chi connectivity index (χ1v) is 11.4. The van der Waals surface area contributed by atoms with Crippen molar-refractivity contribution in [2.75, 3.05) is 0 Å². The minimum atomic E-state index is -0.430. The van der Waals surface area contributed by atoms with Crippen LogP contribution in [0.3, 0.4) is 0 Å². The molecule has 0 radical (unpaired) electrons. The molecule has 1 aromatic carbocycles. The average Bonchev–Trinajstić information content (AvgIpc) is 2.90. The summed E-state index contributed by atoms with van der Waals surface area (Å²) in [5.74, 6) is 0.654. The van der Waals surface area contributed by atoms with Crippen LogP contribution in [-0.2, 0) is 15.2 Å². The largest absolute Gasteiger partial charge is 0.344 e. The Morgan fingerprint density at radius 3 is 2.12 bits per heavy atom. The Bertz CT molecular complexity index is 576. The first kappa shape index (κ1) is 18.7. The standard InChI is InChI=1S/C20H31O2PS/c1-13-17-18(22-20(6,7)21-17)14(2)23(13)16-11-9-8-10-15(16)12-24-19(3,4)5/h8-11,13-14,17-18H,12H2,1-7H3/t13-,14-,17-,18-/m1/s1. The summed E-state index contributed by atoms with van der Waals surface area (Å²) in [6, 6.07) is 9.04. The fourth-order valence-corrected chi connectivity index (χ4v) is 8.27. The summed E-state index contributed by atoms with van der Waals surface area (Å²) in [5.41, 5.74) is 2.59. The van der Waals surface area contributed by atoms with Gasteiger partial charge < -0.3 is 9.47 Å². The molecule has 24 heavy (non-hydrogen) atoms. The molecular weight excluding hydrogens is 335 g/mol. The molecule has 4 heteroatoms. The van der Waals surface area contributed by atoms with Crippen LogP contribution in [0.4, 0.5) is 0 Å². The molecular formula is C20H31O2PS. The summed E-state index contributed by atoms with van der Waals surface area (Å²) in [6.07, 6.45) is 0.480. The van der Waals surface area contributed by atoms with Crippen molar-refractivity contribution in [2.45, 2.75) is 88.3 Å². The van der Waals surface area contributed by atoms with Crippen LogP contribution in [0.15, 0.2) is 24.3 Å². The molecule has 4 atom stereocenters. The molecule has 3 rings (SSSR count). The Hall–Kier alpha value is -0.0800. The van der Waals surface area contributed by atoms with E-state index in [1.54, 1.807) is 5.30 Å². The van der Waals surface area contributed by atoms with Crippen LogP contribution < -0.4 is 5.30 Å². The van der Waals surface area contributed by atoms with Crippen LogP contribution in [0, 0.1) is 0 Å². The second kappa shape index (κ2) is 6.58. The predicted molar refractivity (Wildman–Crippen MR) is 107 cm³/mol. The number of ether oxygens (including phenoxy) is 2. The SMILES string of the molecule is C[C@@H]1[C@H]2OC(C)(C)O[C@@H]2[C@@H](C)P1c1ccccc1CSC(C)(C)C. The molecule has 2 nitrogen and oxygen atoms in total. The van der Waals surface area contributed by atoms with Gasteiger partial charge in [-0.1, -0.05) is 66.8 Å². The molecule has 0 bridgehead atoms. The van der Waals surface area contributed by atoms with Crippen LogP contribution in [-0.4, -0.2) is 34.1 Å². The van der Waals surface area contributed by atoms with Crippen molar-refractivity contribution in [3.63, 3.8) is 0 Å². The van der Waals surface area contributed by atoms with Crippen LogP contribution in [0.5, 0.6) is 0 Å². The first-order chi connectivity index (χ1) is 11.1. The maximum Gasteiger partial charge on any atom is 0.163 e. The molecule has 0 spiro atoms. The van der Waals surface area contributed by atoms with E-state index in [0.717, 1.165) is 5.75 Å². The number of rotatable bonds is 3. The fourth-order valence-electron chi connectivity index (χ4n) is 3.87. The molecule has 2 heterocycles. The van der Waals surface area contributed by atoms with Crippen molar-refractivity contribution in [1.29, 1.82) is 0 Å². The lowest BCUT2D eigenvalue weighted by atomic mass is 10.1. The van der Waals surface area contributed by atoms with Gasteiger partial charge >= 0.3 is 0 Å². The van der Waals surface area contributed by atoms with Gasteiger partial charge in [0.2, 0.25) is 0 Å². The third-order valence-electron chi connectivity index (χ3n) is 4.92. The molecule has 0 unspecified atom stereocenters. The molecule has 0 aromatic heterocycles. The second-order valence-corrected chi connectivity index (χ2v) is 13.2. The molecule has 1 aromatic rings. The third-order valence-corrected chi connectivity index (χ3v) is 9.58. The molecule has 134 valence electrons. The van der Waals surface area contributed by atoms with E-state index >= 15 is 0 Å². The highest BCUT2D eigenvalue weighted by Gasteiger charge is 2.55. The quantitative estimate of drug-likeness (QED) is 0.691. The van der Waals surface area contributed by atoms with Crippen molar-refractivity contribution >= 4 is 25.0 Å². The highest BCUT2D eigenvalue weighted by Crippen LogP contribution is 2.60. The zero-order chi connectivity index (χ0) is 17.7. The summed E-state index contributed by atoms with van der Waals surface area (Å²) in [6.45, 7) is 15.7. The number of hydrogen-bond acceptors (Lipinski definition) is 3. The van der Waals surface area contributed by atoms with Gasteiger partial charge in [-0.05, 0) is 24.7 Å². The zero-order valence-electron chi connectivity index (χ0n) is 16.0. The Balaban J connectivity index is 1.85. The summed E-state index contributed by atoms with van der Waals surface area (Å²) in [7, 11) is -0.269. The van der Waals surface area contributed by atoms with E-state index in [-0.39, 0.29) is 20.1 Å². The Kier molecular flexibility index (Phi) is 5.13. The molecule has 2 fully saturated rings. The van der Waals surface area contributed by atoms with Gasteiger partial charge in [0.05, 0.1) is 12.2 Å². The van der Waals surface area contributed by atoms with Crippen LogP contribution in [0.1, 0.15) is 54.0 Å². The van der Waals surface area contributed by atoms with Gasteiger partial charge in [0.1, 0.15) is 0 Å². The van der Waals surface area contributed by atoms with Gasteiger partial charge in [-0.3, -0.25) is 0 Å². The highest BCUT2D eigenvalue weighted by molar-refractivity contribution is 7.99. The molecule has 0 aliphatic carbocycles. The summed E-state index contributed by atoms with van der Waals surface area (Å²) in [4.78, 5) is 0. The fraction of sp³-hybridized carbons (Fsp3) is 0.700. The number of benzene rings is 1. The topological polar surface area (TPSA) is 18.5 Å². The average molecular weight is 367 g/mol. The van der Waals surface area contributed by atoms with Crippen molar-refractivity contribution < 1.29 is 9.47 Å². The molecule has 0 N–H and O–H groups in total. The molecule has 2 aliphatic rings. The van der Waals surface area contributed by atoms with Crippen LogP contribution in [0.25, 0.3) is 0 Å². The van der Waals surface area contributed by atoms with Gasteiger partial charge in [0, 0.05) is 21.8 Å². The molecule has 2 aliphatic heterocycles. The maximum absolute atomic E-state index is 6.25. The minimum absolute atomic E-state index is 0.240. The number of thioether (sulfide) groups is 1. The van der Waals surface area contributed by atoms with Gasteiger partial charge in [-0.15, -0.1) is 0 Å². The highest BCUT2D eigenvalue weighted by atomic mass is 32.2. The third kappa shape index (κ3) is 3.70. The Morgan fingerprint density at radius 2 is 1.58 bits per heavy atom. The molecule has 0 saturated carbocycles. The summed E-state index contributed by atoms with van der Waals surface area (Å²) in [5, 5.41) is 1.56. The maximum atomic E-state index is 6.25. The number of hydrogen-bond donors (Lipinski definition) is 0. The van der Waals surface area contributed by atoms with Crippen molar-refractivity contribution in [3.05, 3.63) is 29.8 Å². The second-order valence-electron chi connectivity index (χ2n) is 8.48. The van der Waals surface area contributed by atoms with E-state index in [9.17, 15) is 0 Å². The van der Waals surface area contributed by atoms with Gasteiger partial charge in [0.15, 0.2) is 5.79 Å². The van der Waals surface area contributed by atoms with E-state index in [2.05, 4.69) is 58.9 Å². The lowest BCUT2D eigenvalue weighted by molar-refractivity contribution is -0.147. The summed E-state index contributed by atoms with van der Waals surface area (Å²) < 4.78 is 12.8. The van der Waals surface area contributed by atoms with Crippen molar-refractivity contribution in [2.24, 2.45) is 0 Å². The van der Waals surface area contributed by atoms with E-state index in [1.165, 1.54) is 5.56 Å². The van der Waals surface area contributed by atoms with Gasteiger partial charge in [-0.2, -0.15) is 11.8 Å². The van der Waals surface area contributed by atoms with Crippen LogP contribution in [0.2, 0.25) is 0 Å². The Labute approximate surface area is 152 Å². The predicted octanol–water partition coefficient (Wildman–Crippen LogP) is 5.14. The van der Waals surface area contributed by atoms with E-state index in [4.69, 9.17) is 9.47 Å². The van der Waals surface area contributed by atoms with E-state index in [1.807, 2.05) is 25.6 Å². The molecule has 2 saturated heterocycles. The monoisotopic (exact) mass is 366 g/mol. The van der Waals surface area contributed by atoms with Gasteiger partial charge in [0.25, 0.3) is 0 Å². The minimum Gasteiger partial charge on any atom is -0.344 e. The van der Waals surface area contributed by atoms with Crippen LogP contribution >= 0.6 is 19.7 Å². The van der Waals surface area contributed by atoms with Gasteiger partial charge in [-0.25, -0.2) is 0 Å². The zero-order valence-corrected chi connectivity index (χ0v) is 17.7. The van der Waals surface area contributed by atoms with E-state index in [0.29, 0.717) is 16.1 Å². The van der Waals surface area contributed by atoms with Crippen molar-refractivity contribution in [1.82, 2.24) is 0 Å². The normalized spacial score (nSPS) is 33.0. The Morgan fingerprint density at radius 1 is 1.04 bits per heavy atom. The first-order valence-electron chi connectivity index (χ1n) is 8.95. The molecule has 0 amide bonds. The summed E-state index contributed by atoms with van der Waals surface area (Å²) >= 11 is 2.03. The number of fused-ring (bicyclic) bond motifs is 1. The lowest BCUT2D eigenvalue weighted by Gasteiger charge is -2.30. The smallest absolute Gasteiger partial charge is 0.163 e. The van der Waals surface area contributed by atoms with Crippen molar-refractivity contribution in [3.8, 4) is 0 Å². The van der Waals surface area contributed by atoms with E-state index < -0.39 is 5.79 Å². The lowest BCUT2D eigenvalue weighted by Crippen LogP contribution is -2.28.